The van der Waals surface area contributed by atoms with Gasteiger partial charge in [-0.15, -0.1) is 0 Å². The molecular weight excluding hydrogens is 318 g/mol. The summed E-state index contributed by atoms with van der Waals surface area (Å²) >= 11 is 0. The van der Waals surface area contributed by atoms with Crippen molar-refractivity contribution in [1.29, 1.82) is 0 Å². The van der Waals surface area contributed by atoms with E-state index in [9.17, 15) is 4.79 Å². The van der Waals surface area contributed by atoms with Crippen molar-refractivity contribution in [2.75, 3.05) is 18.0 Å². The Balaban J connectivity index is 1.44. The minimum Gasteiger partial charge on any atom is -0.346 e. The number of nitrogens with one attached hydrogen (secondary N) is 2. The molecule has 0 radical (unpaired) electrons. The lowest BCUT2D eigenvalue weighted by Crippen LogP contribution is -2.37. The summed E-state index contributed by atoms with van der Waals surface area (Å²) in [5.41, 5.74) is 2.24. The van der Waals surface area contributed by atoms with Gasteiger partial charge in [0, 0.05) is 30.9 Å². The normalized spacial score (nSPS) is 16.8. The Labute approximate surface area is 144 Å². The van der Waals surface area contributed by atoms with E-state index in [0.717, 1.165) is 24.2 Å². The third-order valence-corrected chi connectivity index (χ3v) is 4.17. The van der Waals surface area contributed by atoms with Gasteiger partial charge in [-0.05, 0) is 12.5 Å². The second-order valence-corrected chi connectivity index (χ2v) is 5.87. The summed E-state index contributed by atoms with van der Waals surface area (Å²) in [6.45, 7) is 1.46. The second-order valence-electron chi connectivity index (χ2n) is 5.87. The summed E-state index contributed by atoms with van der Waals surface area (Å²) in [6, 6.07) is 11.9. The lowest BCUT2D eigenvalue weighted by molar-refractivity contribution is 0.0935. The Morgan fingerprint density at radius 1 is 1.24 bits per heavy atom. The van der Waals surface area contributed by atoms with E-state index in [1.165, 1.54) is 6.20 Å². The van der Waals surface area contributed by atoms with Crippen molar-refractivity contribution >= 4 is 11.9 Å². The fraction of sp³-hybridized carbons (Fsp3) is 0.235. The molecule has 0 spiro atoms. The van der Waals surface area contributed by atoms with Gasteiger partial charge < -0.3 is 10.2 Å². The van der Waals surface area contributed by atoms with Gasteiger partial charge in [0.05, 0.1) is 11.9 Å². The lowest BCUT2D eigenvalue weighted by atomic mass is 10.1. The smallest absolute Gasteiger partial charge is 0.273 e. The van der Waals surface area contributed by atoms with Crippen molar-refractivity contribution in [2.24, 2.45) is 0 Å². The highest BCUT2D eigenvalue weighted by Crippen LogP contribution is 2.21. The summed E-state index contributed by atoms with van der Waals surface area (Å²) in [6.07, 6.45) is 4.02. The zero-order valence-corrected chi connectivity index (χ0v) is 13.5. The highest BCUT2D eigenvalue weighted by Gasteiger charge is 2.26. The van der Waals surface area contributed by atoms with Gasteiger partial charge in [-0.25, -0.2) is 9.97 Å². The molecule has 25 heavy (non-hydrogen) atoms. The molecule has 1 atom stereocenters. The standard InChI is InChI=1S/C17H17N7O/c25-16(15-10-19-23-22-15)20-13-7-9-24(11-13)17-18-8-6-14(21-17)12-4-2-1-3-5-12/h1-6,8,10,13H,7,9,11H2,(H,20,25)(H,19,22,23). The van der Waals surface area contributed by atoms with Gasteiger partial charge in [-0.1, -0.05) is 30.3 Å². The zero-order chi connectivity index (χ0) is 17.1. The monoisotopic (exact) mass is 335 g/mol. The molecular formula is C17H17N7O. The molecule has 4 rings (SSSR count). The SMILES string of the molecule is O=C(NC1CCN(c2nccc(-c3ccccc3)n2)C1)c1cn[nH]n1. The summed E-state index contributed by atoms with van der Waals surface area (Å²) in [5, 5.41) is 12.9. The first-order valence-corrected chi connectivity index (χ1v) is 8.09. The van der Waals surface area contributed by atoms with Crippen LogP contribution in [0.1, 0.15) is 16.9 Å². The third kappa shape index (κ3) is 3.32. The Kier molecular flexibility index (Phi) is 4.07. The molecule has 126 valence electrons. The van der Waals surface area contributed by atoms with E-state index in [2.05, 4.69) is 35.6 Å². The number of H-pyrrole nitrogens is 1. The van der Waals surface area contributed by atoms with Crippen LogP contribution in [-0.4, -0.2) is 50.4 Å². The molecule has 1 saturated heterocycles. The van der Waals surface area contributed by atoms with Gasteiger partial charge in [0.25, 0.3) is 5.91 Å². The molecule has 2 N–H and O–H groups in total. The number of benzene rings is 1. The van der Waals surface area contributed by atoms with Gasteiger partial charge in [-0.2, -0.15) is 15.4 Å². The summed E-state index contributed by atoms with van der Waals surface area (Å²) in [5.74, 6) is 0.457. The highest BCUT2D eigenvalue weighted by atomic mass is 16.2. The molecule has 0 bridgehead atoms. The van der Waals surface area contributed by atoms with Crippen molar-refractivity contribution in [3.8, 4) is 11.3 Å². The van der Waals surface area contributed by atoms with E-state index in [0.29, 0.717) is 18.2 Å². The Morgan fingerprint density at radius 2 is 2.12 bits per heavy atom. The fourth-order valence-electron chi connectivity index (χ4n) is 2.90. The molecule has 0 saturated carbocycles. The van der Waals surface area contributed by atoms with Crippen LogP contribution in [0, 0.1) is 0 Å². The summed E-state index contributed by atoms with van der Waals surface area (Å²) in [7, 11) is 0. The average Bonchev–Trinajstić information content (AvgIpc) is 3.35. The van der Waals surface area contributed by atoms with Crippen LogP contribution < -0.4 is 10.2 Å². The Morgan fingerprint density at radius 3 is 2.92 bits per heavy atom. The lowest BCUT2D eigenvalue weighted by Gasteiger charge is -2.17. The van der Waals surface area contributed by atoms with Crippen LogP contribution in [0.25, 0.3) is 11.3 Å². The predicted octanol–water partition coefficient (Wildman–Crippen LogP) is 1.27. The topological polar surface area (TPSA) is 99.7 Å². The molecule has 3 heterocycles. The maximum atomic E-state index is 12.1. The van der Waals surface area contributed by atoms with Gasteiger partial charge >= 0.3 is 0 Å². The van der Waals surface area contributed by atoms with Crippen molar-refractivity contribution in [2.45, 2.75) is 12.5 Å². The molecule has 1 aliphatic heterocycles. The van der Waals surface area contributed by atoms with Crippen molar-refractivity contribution in [3.63, 3.8) is 0 Å². The van der Waals surface area contributed by atoms with Gasteiger partial charge in [0.1, 0.15) is 0 Å². The number of anilines is 1. The van der Waals surface area contributed by atoms with E-state index in [1.54, 1.807) is 6.20 Å². The molecule has 1 aliphatic rings. The molecule has 1 aromatic carbocycles. The fourth-order valence-corrected chi connectivity index (χ4v) is 2.90. The van der Waals surface area contributed by atoms with Crippen LogP contribution in [-0.2, 0) is 0 Å². The summed E-state index contributed by atoms with van der Waals surface area (Å²) in [4.78, 5) is 23.2. The second kappa shape index (κ2) is 6.68. The zero-order valence-electron chi connectivity index (χ0n) is 13.5. The minimum atomic E-state index is -0.223. The van der Waals surface area contributed by atoms with Gasteiger partial charge in [0.15, 0.2) is 5.69 Å². The number of nitrogens with zero attached hydrogens (tertiary/aromatic N) is 5. The van der Waals surface area contributed by atoms with Crippen molar-refractivity contribution in [1.82, 2.24) is 30.7 Å². The molecule has 3 aromatic rings. The maximum absolute atomic E-state index is 12.1. The van der Waals surface area contributed by atoms with Gasteiger partial charge in [0.2, 0.25) is 5.95 Å². The van der Waals surface area contributed by atoms with Crippen LogP contribution in [0.5, 0.6) is 0 Å². The van der Waals surface area contributed by atoms with Crippen LogP contribution in [0.2, 0.25) is 0 Å². The number of amides is 1. The van der Waals surface area contributed by atoms with Crippen LogP contribution in [0.4, 0.5) is 5.95 Å². The largest absolute Gasteiger partial charge is 0.346 e. The van der Waals surface area contributed by atoms with E-state index in [1.807, 2.05) is 36.4 Å². The first-order valence-electron chi connectivity index (χ1n) is 8.09. The molecule has 0 aliphatic carbocycles. The Bertz CT molecular complexity index is 850. The van der Waals surface area contributed by atoms with Gasteiger partial charge in [-0.3, -0.25) is 4.79 Å². The van der Waals surface area contributed by atoms with E-state index in [4.69, 9.17) is 0 Å². The van der Waals surface area contributed by atoms with E-state index < -0.39 is 0 Å². The number of hydrogen-bond donors (Lipinski definition) is 2. The molecule has 8 nitrogen and oxygen atoms in total. The number of aromatic nitrogens is 5. The van der Waals surface area contributed by atoms with Crippen LogP contribution in [0.3, 0.4) is 0 Å². The third-order valence-electron chi connectivity index (χ3n) is 4.17. The van der Waals surface area contributed by atoms with Crippen LogP contribution >= 0.6 is 0 Å². The molecule has 2 aromatic heterocycles. The maximum Gasteiger partial charge on any atom is 0.273 e. The minimum absolute atomic E-state index is 0.0354. The number of carbonyl (C=O) groups excluding carboxylic acids is 1. The van der Waals surface area contributed by atoms with E-state index in [-0.39, 0.29) is 11.9 Å². The summed E-state index contributed by atoms with van der Waals surface area (Å²) < 4.78 is 0. The van der Waals surface area contributed by atoms with E-state index >= 15 is 0 Å². The Hall–Kier alpha value is -3.29. The van der Waals surface area contributed by atoms with Crippen molar-refractivity contribution < 1.29 is 4.79 Å². The predicted molar refractivity (Wildman–Crippen MR) is 91.9 cm³/mol. The number of hydrogen-bond acceptors (Lipinski definition) is 6. The number of carbonyl (C=O) groups is 1. The first kappa shape index (κ1) is 15.3. The number of aromatic amines is 1. The van der Waals surface area contributed by atoms with Crippen LogP contribution in [0.15, 0.2) is 48.8 Å². The average molecular weight is 335 g/mol. The quantitative estimate of drug-likeness (QED) is 0.745. The highest BCUT2D eigenvalue weighted by molar-refractivity contribution is 5.92. The molecule has 1 fully saturated rings. The van der Waals surface area contributed by atoms with Crippen molar-refractivity contribution in [3.05, 3.63) is 54.5 Å². The molecule has 8 heteroatoms. The molecule has 1 unspecified atom stereocenters. The first-order chi connectivity index (χ1) is 12.3. The number of rotatable bonds is 4. The molecule has 1 amide bonds.